The number of aliphatic imine (C=N–C) groups is 1. The smallest absolute Gasteiger partial charge is 0.191 e. The summed E-state index contributed by atoms with van der Waals surface area (Å²) >= 11 is 0. The summed E-state index contributed by atoms with van der Waals surface area (Å²) in [5.41, 5.74) is 2.01. The number of nitrogens with zero attached hydrogens (tertiary/aromatic N) is 1. The Balaban J connectivity index is 1.92. The summed E-state index contributed by atoms with van der Waals surface area (Å²) in [5, 5.41) is 7.76. The third kappa shape index (κ3) is 4.00. The SMILES string of the molecule is CN=C(NCCc1c[nH]c2cc(F)ccc12)NC(C)C(C)C. The number of aromatic nitrogens is 1. The van der Waals surface area contributed by atoms with Crippen molar-refractivity contribution in [1.29, 1.82) is 0 Å². The van der Waals surface area contributed by atoms with Crippen LogP contribution < -0.4 is 10.6 Å². The summed E-state index contributed by atoms with van der Waals surface area (Å²) < 4.78 is 13.2. The minimum atomic E-state index is -0.216. The van der Waals surface area contributed by atoms with Crippen LogP contribution in [-0.4, -0.2) is 30.6 Å². The third-order valence-electron chi connectivity index (χ3n) is 4.00. The van der Waals surface area contributed by atoms with Crippen LogP contribution in [0, 0.1) is 11.7 Å². The lowest BCUT2D eigenvalue weighted by Crippen LogP contribution is -2.44. The van der Waals surface area contributed by atoms with Gasteiger partial charge in [0.15, 0.2) is 5.96 Å². The molecule has 0 aliphatic heterocycles. The summed E-state index contributed by atoms with van der Waals surface area (Å²) in [4.78, 5) is 7.35. The van der Waals surface area contributed by atoms with Gasteiger partial charge in [0.2, 0.25) is 0 Å². The van der Waals surface area contributed by atoms with Gasteiger partial charge in [0.1, 0.15) is 5.82 Å². The minimum absolute atomic E-state index is 0.216. The lowest BCUT2D eigenvalue weighted by atomic mass is 10.1. The van der Waals surface area contributed by atoms with Crippen LogP contribution in [0.15, 0.2) is 29.4 Å². The average molecular weight is 304 g/mol. The summed E-state index contributed by atoms with van der Waals surface area (Å²) in [6.07, 6.45) is 2.79. The first-order valence-corrected chi connectivity index (χ1v) is 7.74. The van der Waals surface area contributed by atoms with E-state index in [9.17, 15) is 4.39 Å². The van der Waals surface area contributed by atoms with E-state index >= 15 is 0 Å². The fraction of sp³-hybridized carbons (Fsp3) is 0.471. The highest BCUT2D eigenvalue weighted by Crippen LogP contribution is 2.19. The maximum atomic E-state index is 13.2. The normalized spacial score (nSPS) is 13.6. The monoisotopic (exact) mass is 304 g/mol. The average Bonchev–Trinajstić information content (AvgIpc) is 2.88. The van der Waals surface area contributed by atoms with Crippen LogP contribution in [0.2, 0.25) is 0 Å². The molecule has 0 bridgehead atoms. The van der Waals surface area contributed by atoms with Crippen molar-refractivity contribution in [2.24, 2.45) is 10.9 Å². The Morgan fingerprint density at radius 1 is 1.32 bits per heavy atom. The van der Waals surface area contributed by atoms with Crippen LogP contribution >= 0.6 is 0 Å². The third-order valence-corrected chi connectivity index (χ3v) is 4.00. The fourth-order valence-corrected chi connectivity index (χ4v) is 2.26. The number of halogens is 1. The molecule has 0 amide bonds. The topological polar surface area (TPSA) is 52.2 Å². The number of hydrogen-bond donors (Lipinski definition) is 3. The van der Waals surface area contributed by atoms with E-state index in [1.54, 1.807) is 7.05 Å². The van der Waals surface area contributed by atoms with Gasteiger partial charge in [-0.15, -0.1) is 0 Å². The molecule has 4 nitrogen and oxygen atoms in total. The van der Waals surface area contributed by atoms with E-state index in [1.807, 2.05) is 12.3 Å². The second-order valence-electron chi connectivity index (χ2n) is 5.93. The Morgan fingerprint density at radius 2 is 2.09 bits per heavy atom. The quantitative estimate of drug-likeness (QED) is 0.587. The number of guanidine groups is 1. The van der Waals surface area contributed by atoms with Gasteiger partial charge in [-0.25, -0.2) is 4.39 Å². The van der Waals surface area contributed by atoms with E-state index in [-0.39, 0.29) is 5.82 Å². The van der Waals surface area contributed by atoms with Crippen molar-refractivity contribution in [3.8, 4) is 0 Å². The summed E-state index contributed by atoms with van der Waals surface area (Å²) in [5.74, 6) is 1.14. The first-order valence-electron chi connectivity index (χ1n) is 7.74. The van der Waals surface area contributed by atoms with Gasteiger partial charge >= 0.3 is 0 Å². The highest BCUT2D eigenvalue weighted by atomic mass is 19.1. The number of H-pyrrole nitrogens is 1. The molecule has 5 heteroatoms. The molecular weight excluding hydrogens is 279 g/mol. The zero-order valence-corrected chi connectivity index (χ0v) is 13.7. The highest BCUT2D eigenvalue weighted by Gasteiger charge is 2.09. The van der Waals surface area contributed by atoms with E-state index in [2.05, 4.69) is 41.4 Å². The zero-order valence-electron chi connectivity index (χ0n) is 13.7. The summed E-state index contributed by atoms with van der Waals surface area (Å²) in [7, 11) is 1.77. The molecule has 3 N–H and O–H groups in total. The standard InChI is InChI=1S/C17H25FN4/c1-11(2)12(3)22-17(19-4)20-8-7-13-10-21-16-9-14(18)5-6-15(13)16/h5-6,9-12,21H,7-8H2,1-4H3,(H2,19,20,22). The molecule has 2 aromatic rings. The largest absolute Gasteiger partial charge is 0.361 e. The number of benzene rings is 1. The Kier molecular flexibility index (Phi) is 5.41. The second kappa shape index (κ2) is 7.29. The van der Waals surface area contributed by atoms with E-state index in [1.165, 1.54) is 17.7 Å². The van der Waals surface area contributed by atoms with Gasteiger partial charge in [0, 0.05) is 36.7 Å². The predicted molar refractivity (Wildman–Crippen MR) is 90.8 cm³/mol. The van der Waals surface area contributed by atoms with Crippen LogP contribution in [0.25, 0.3) is 10.9 Å². The van der Waals surface area contributed by atoms with Crippen LogP contribution in [0.1, 0.15) is 26.3 Å². The van der Waals surface area contributed by atoms with Gasteiger partial charge in [-0.05, 0) is 43.0 Å². The maximum Gasteiger partial charge on any atom is 0.191 e. The fourth-order valence-electron chi connectivity index (χ4n) is 2.26. The lowest BCUT2D eigenvalue weighted by molar-refractivity contribution is 0.481. The van der Waals surface area contributed by atoms with Gasteiger partial charge in [-0.3, -0.25) is 4.99 Å². The molecule has 1 atom stereocenters. The molecule has 0 aliphatic carbocycles. The zero-order chi connectivity index (χ0) is 16.1. The van der Waals surface area contributed by atoms with E-state index in [0.29, 0.717) is 12.0 Å². The van der Waals surface area contributed by atoms with Gasteiger partial charge in [-0.2, -0.15) is 0 Å². The van der Waals surface area contributed by atoms with Gasteiger partial charge in [0.25, 0.3) is 0 Å². The van der Waals surface area contributed by atoms with Crippen LogP contribution in [0.5, 0.6) is 0 Å². The first-order chi connectivity index (χ1) is 10.5. The molecule has 0 saturated carbocycles. The molecule has 0 radical (unpaired) electrons. The Morgan fingerprint density at radius 3 is 2.77 bits per heavy atom. The molecule has 0 saturated heterocycles. The predicted octanol–water partition coefficient (Wildman–Crippen LogP) is 3.06. The summed E-state index contributed by atoms with van der Waals surface area (Å²) in [6, 6.07) is 5.21. The molecule has 0 aliphatic rings. The van der Waals surface area contributed by atoms with E-state index in [0.717, 1.165) is 29.8 Å². The van der Waals surface area contributed by atoms with Crippen molar-refractivity contribution < 1.29 is 4.39 Å². The molecule has 0 fully saturated rings. The Labute approximate surface area is 131 Å². The van der Waals surface area contributed by atoms with Crippen molar-refractivity contribution in [2.75, 3.05) is 13.6 Å². The molecule has 1 heterocycles. The van der Waals surface area contributed by atoms with Gasteiger partial charge in [0.05, 0.1) is 0 Å². The Hall–Kier alpha value is -2.04. The van der Waals surface area contributed by atoms with E-state index < -0.39 is 0 Å². The van der Waals surface area contributed by atoms with Crippen molar-refractivity contribution in [1.82, 2.24) is 15.6 Å². The number of hydrogen-bond acceptors (Lipinski definition) is 1. The molecule has 1 unspecified atom stereocenters. The second-order valence-corrected chi connectivity index (χ2v) is 5.93. The van der Waals surface area contributed by atoms with Gasteiger partial charge < -0.3 is 15.6 Å². The van der Waals surface area contributed by atoms with Gasteiger partial charge in [-0.1, -0.05) is 13.8 Å². The van der Waals surface area contributed by atoms with Crippen molar-refractivity contribution in [2.45, 2.75) is 33.2 Å². The van der Waals surface area contributed by atoms with E-state index in [4.69, 9.17) is 0 Å². The highest BCUT2D eigenvalue weighted by molar-refractivity contribution is 5.83. The summed E-state index contributed by atoms with van der Waals surface area (Å²) in [6.45, 7) is 7.27. The van der Waals surface area contributed by atoms with Crippen LogP contribution in [0.3, 0.4) is 0 Å². The number of aromatic amines is 1. The lowest BCUT2D eigenvalue weighted by Gasteiger charge is -2.20. The van der Waals surface area contributed by atoms with Crippen molar-refractivity contribution >= 4 is 16.9 Å². The van der Waals surface area contributed by atoms with Crippen LogP contribution in [-0.2, 0) is 6.42 Å². The number of nitrogens with one attached hydrogen (secondary N) is 3. The molecule has 1 aromatic heterocycles. The van der Waals surface area contributed by atoms with Crippen molar-refractivity contribution in [3.05, 3.63) is 35.8 Å². The molecule has 1 aromatic carbocycles. The maximum absolute atomic E-state index is 13.2. The molecule has 0 spiro atoms. The number of fused-ring (bicyclic) bond motifs is 1. The Bertz CT molecular complexity index is 645. The number of rotatable bonds is 5. The van der Waals surface area contributed by atoms with Crippen molar-refractivity contribution in [3.63, 3.8) is 0 Å². The molecular formula is C17H25FN4. The molecule has 2 rings (SSSR count). The minimum Gasteiger partial charge on any atom is -0.361 e. The molecule has 22 heavy (non-hydrogen) atoms. The first kappa shape index (κ1) is 16.3. The van der Waals surface area contributed by atoms with Crippen LogP contribution in [0.4, 0.5) is 4.39 Å². The molecule has 120 valence electrons.